The zero-order valence-electron chi connectivity index (χ0n) is 90.3. The SMILES string of the molecule is CC(=O)OC(C)(C)C.CC(=O)OC1(C)C2CC3CC(C2)CC1C3.CC(C)OC12CC3CC(CC(C3)C1)C2.CC(C)OC1C2CC3CC(C2)CC1C3.CCC(=O)OC(C)(C)C.CCC(=O)OC1(C)C2CC3CC(C2)CC1C3.CCC(=O)OC1(CC)CCCCC1.CCOC1C2CC3CC(C2)CC1C3.CCOC1CCCCC1.CCOCC12CC3CC(CC(C3)C1)C2.CCOCc1ccccc1. The molecule has 0 amide bonds. The summed E-state index contributed by atoms with van der Waals surface area (Å²) in [7, 11) is 0. The molecule has 26 aliphatic rings. The number of hydrogen-bond acceptors (Lipinski definition) is 16. The maximum atomic E-state index is 11.6. The summed E-state index contributed by atoms with van der Waals surface area (Å²) in [5.41, 5.74) is 1.18. The molecule has 774 valence electrons. The van der Waals surface area contributed by atoms with Crippen LogP contribution in [-0.4, -0.2) is 127 Å². The average molecular weight is 1890 g/mol. The van der Waals surface area contributed by atoms with Gasteiger partial charge in [0.1, 0.15) is 28.0 Å². The summed E-state index contributed by atoms with van der Waals surface area (Å²) >= 11 is 0. The molecule has 0 unspecified atom stereocenters. The minimum atomic E-state index is -0.328. The Hall–Kier alpha value is -3.67. The predicted octanol–water partition coefficient (Wildman–Crippen LogP) is 29.3. The number of esters is 5. The van der Waals surface area contributed by atoms with Gasteiger partial charge in [-0.15, -0.1) is 0 Å². The first-order chi connectivity index (χ1) is 64.2. The van der Waals surface area contributed by atoms with Crippen LogP contribution in [0, 0.1) is 136 Å². The molecule has 26 fully saturated rings. The molecule has 26 saturated carbocycles. The number of ether oxygens (including phenoxy) is 11. The van der Waals surface area contributed by atoms with Gasteiger partial charge in [-0.2, -0.15) is 0 Å². The van der Waals surface area contributed by atoms with Gasteiger partial charge < -0.3 is 52.1 Å². The second-order valence-electron chi connectivity index (χ2n) is 50.6. The number of rotatable bonds is 21. The summed E-state index contributed by atoms with van der Waals surface area (Å²) < 4.78 is 61.5. The Labute approximate surface area is 824 Å². The van der Waals surface area contributed by atoms with Gasteiger partial charge in [0, 0.05) is 59.5 Å². The van der Waals surface area contributed by atoms with E-state index in [9.17, 15) is 24.0 Å². The van der Waals surface area contributed by atoms with Gasteiger partial charge in [-0.25, -0.2) is 0 Å². The molecule has 27 rings (SSSR count). The molecule has 0 N–H and O–H groups in total. The fourth-order valence-corrected chi connectivity index (χ4v) is 32.6. The topological polar surface area (TPSA) is 187 Å². The van der Waals surface area contributed by atoms with Crippen LogP contribution in [-0.2, 0) is 82.7 Å². The number of hydrogen-bond donors (Lipinski definition) is 0. The van der Waals surface area contributed by atoms with Crippen molar-refractivity contribution in [3.8, 4) is 0 Å². The van der Waals surface area contributed by atoms with Crippen molar-refractivity contribution in [2.24, 2.45) is 136 Å². The van der Waals surface area contributed by atoms with Crippen LogP contribution >= 0.6 is 0 Å². The number of benzene rings is 1. The van der Waals surface area contributed by atoms with Crippen LogP contribution in [0.15, 0.2) is 30.3 Å². The van der Waals surface area contributed by atoms with Crippen LogP contribution < -0.4 is 0 Å². The Morgan fingerprint density at radius 1 is 0.370 bits per heavy atom. The maximum Gasteiger partial charge on any atom is 0.306 e. The molecule has 0 saturated heterocycles. The smallest absolute Gasteiger partial charge is 0.306 e. The van der Waals surface area contributed by atoms with Gasteiger partial charge in [-0.05, 0) is 502 Å². The number of carbonyl (C=O) groups is 5. The van der Waals surface area contributed by atoms with E-state index in [1.165, 1.54) is 237 Å². The first kappa shape index (κ1) is 112. The Bertz CT molecular complexity index is 3470. The quantitative estimate of drug-likeness (QED) is 0.0834. The van der Waals surface area contributed by atoms with Crippen molar-refractivity contribution in [2.75, 3.05) is 33.0 Å². The minimum Gasteiger partial charge on any atom is -0.460 e. The maximum absolute atomic E-state index is 11.6. The summed E-state index contributed by atoms with van der Waals surface area (Å²) in [6, 6.07) is 10.2. The third-order valence-corrected chi connectivity index (χ3v) is 36.3. The lowest BCUT2D eigenvalue weighted by Crippen LogP contribution is -2.57. The van der Waals surface area contributed by atoms with Gasteiger partial charge in [0.15, 0.2) is 0 Å². The van der Waals surface area contributed by atoms with Crippen molar-refractivity contribution in [1.29, 1.82) is 0 Å². The summed E-state index contributed by atoms with van der Waals surface area (Å²) in [6.07, 6.45) is 63.8. The molecule has 1 aromatic rings. The molecule has 0 spiro atoms. The fourth-order valence-electron chi connectivity index (χ4n) is 32.6. The van der Waals surface area contributed by atoms with Gasteiger partial charge in [0.25, 0.3) is 0 Å². The summed E-state index contributed by atoms with van der Waals surface area (Å²) in [5, 5.41) is 0. The predicted molar refractivity (Wildman–Crippen MR) is 543 cm³/mol. The molecular formula is C119H202O16. The second kappa shape index (κ2) is 51.7. The molecule has 1 aromatic carbocycles. The number of carbonyl (C=O) groups excluding carboxylic acids is 5. The lowest BCUT2D eigenvalue weighted by molar-refractivity contribution is -0.203. The lowest BCUT2D eigenvalue weighted by atomic mass is 9.50. The van der Waals surface area contributed by atoms with E-state index < -0.39 is 0 Å². The van der Waals surface area contributed by atoms with Crippen molar-refractivity contribution >= 4 is 29.8 Å². The molecule has 16 heteroatoms. The highest BCUT2D eigenvalue weighted by atomic mass is 16.6. The van der Waals surface area contributed by atoms with E-state index in [-0.39, 0.29) is 57.9 Å². The first-order valence-corrected chi connectivity index (χ1v) is 57.0. The van der Waals surface area contributed by atoms with Crippen molar-refractivity contribution in [2.45, 2.75) is 518 Å². The van der Waals surface area contributed by atoms with Crippen molar-refractivity contribution in [3.63, 3.8) is 0 Å². The lowest BCUT2D eigenvalue weighted by Gasteiger charge is -2.59. The van der Waals surface area contributed by atoms with Crippen LogP contribution in [0.1, 0.15) is 453 Å². The monoisotopic (exact) mass is 1890 g/mol. The van der Waals surface area contributed by atoms with E-state index in [0.29, 0.717) is 84.5 Å². The summed E-state index contributed by atoms with van der Waals surface area (Å²) in [5.74, 6) is 20.2. The normalized spacial score (nSPS) is 38.0. The van der Waals surface area contributed by atoms with Crippen LogP contribution in [0.3, 0.4) is 0 Å². The van der Waals surface area contributed by atoms with Crippen molar-refractivity contribution in [3.05, 3.63) is 35.9 Å². The fraction of sp³-hybridized carbons (Fsp3) is 0.908. The minimum absolute atomic E-state index is 0.00465. The highest BCUT2D eigenvalue weighted by Gasteiger charge is 2.60. The zero-order chi connectivity index (χ0) is 97.6. The Kier molecular flexibility index (Phi) is 42.8. The first-order valence-electron chi connectivity index (χ1n) is 57.0. The second-order valence-corrected chi connectivity index (χ2v) is 50.6. The van der Waals surface area contributed by atoms with E-state index in [1.807, 2.05) is 80.5 Å². The molecule has 0 heterocycles. The third kappa shape index (κ3) is 33.2. The Morgan fingerprint density at radius 2 is 0.733 bits per heavy atom. The standard InChI is InChI=1S/C14H22O2.C13H20O2.3C13H22O.C12H20O.C11H20O2.C9H12O.C8H16O.C7H14O2.C6H12O2/c1-3-13(15)16-14(2)11-5-9-4-10(7-11)8-12(14)6-9;1-8(14)15-13(2)11-4-9-3-10(6-11)7-12(13)5-9;1-9(2)14-13-6-10-3-11(7-13)5-12(4-10)8-13;1-8(2)14-13-11-4-9-3-10(6-11)7-12(13)5-9;1-2-14-9-13-6-10-3-11(7-13)5-12(4-10)8-13;1-2-13-12-10-4-8-3-9(6-10)7-11(12)5-8;1-3-10(12)13-11(4-2)8-6-5-7-9-11;1-2-10-8-9-6-4-3-5-7-9;1-2-9-8-6-4-3-5-7-8;1-5-6(8)9-7(2,3)4;1-5(7)8-6(2,3)4/h9-12H,3-8H2,1-2H3;9-12H,3-7H2,1-2H3;9-12H,3-8H2,1-2H3;8-13H,3-7H2,1-2H3;10-12H,2-9H2,1H3;8-12H,2-7H2,1H3;3-9H2,1-2H3;3-7H,2,8H2,1H3;8H,2-7H2,1H3;5H2,1-4H3;1-4H3. The third-order valence-electron chi connectivity index (χ3n) is 36.3. The van der Waals surface area contributed by atoms with E-state index in [2.05, 4.69) is 81.4 Å². The van der Waals surface area contributed by atoms with Crippen LogP contribution in [0.4, 0.5) is 0 Å². The molecule has 0 aliphatic heterocycles. The molecule has 26 aliphatic carbocycles. The molecular weight excluding hydrogens is 1690 g/mol. The molecule has 0 atom stereocenters. The largest absolute Gasteiger partial charge is 0.460 e. The van der Waals surface area contributed by atoms with Crippen LogP contribution in [0.25, 0.3) is 0 Å². The highest BCUT2D eigenvalue weighted by Crippen LogP contribution is 2.64. The van der Waals surface area contributed by atoms with Crippen molar-refractivity contribution in [1.82, 2.24) is 0 Å². The molecule has 24 bridgehead atoms. The van der Waals surface area contributed by atoms with E-state index in [0.717, 1.165) is 165 Å². The van der Waals surface area contributed by atoms with Gasteiger partial charge in [-0.1, -0.05) is 83.7 Å². The van der Waals surface area contributed by atoms with Crippen LogP contribution in [0.5, 0.6) is 0 Å². The van der Waals surface area contributed by atoms with Gasteiger partial charge in [0.05, 0.1) is 49.3 Å². The van der Waals surface area contributed by atoms with E-state index in [1.54, 1.807) is 46.0 Å². The van der Waals surface area contributed by atoms with Crippen molar-refractivity contribution < 1.29 is 76.1 Å². The molecule has 16 nitrogen and oxygen atoms in total. The summed E-state index contributed by atoms with van der Waals surface area (Å²) in [4.78, 5) is 54.9. The summed E-state index contributed by atoms with van der Waals surface area (Å²) in [6.45, 7) is 48.5. The van der Waals surface area contributed by atoms with Gasteiger partial charge in [-0.3, -0.25) is 24.0 Å². The van der Waals surface area contributed by atoms with E-state index in [4.69, 9.17) is 52.1 Å². The molecule has 135 heavy (non-hydrogen) atoms. The van der Waals surface area contributed by atoms with Gasteiger partial charge in [0.2, 0.25) is 0 Å². The van der Waals surface area contributed by atoms with Gasteiger partial charge >= 0.3 is 29.8 Å². The van der Waals surface area contributed by atoms with E-state index >= 15 is 0 Å². The van der Waals surface area contributed by atoms with Crippen LogP contribution in [0.2, 0.25) is 0 Å². The average Bonchev–Trinajstić information content (AvgIpc) is 0.737. The Balaban J connectivity index is 0.000000144. The zero-order valence-corrected chi connectivity index (χ0v) is 90.3. The Morgan fingerprint density at radius 3 is 1.07 bits per heavy atom. The highest BCUT2D eigenvalue weighted by molar-refractivity contribution is 5.70. The molecule has 0 aromatic heterocycles. The molecule has 0 radical (unpaired) electrons.